The van der Waals surface area contributed by atoms with Crippen LogP contribution in [0.2, 0.25) is 0 Å². The molecular formula is C32H31ClFN3O4S2. The lowest BCUT2D eigenvalue weighted by Crippen LogP contribution is -2.13. The van der Waals surface area contributed by atoms with Gasteiger partial charge in [0, 0.05) is 44.1 Å². The minimum absolute atomic E-state index is 0. The molecule has 11 heteroatoms. The Hall–Kier alpha value is -3.70. The second kappa shape index (κ2) is 14.2. The van der Waals surface area contributed by atoms with Crippen LogP contribution in [0.3, 0.4) is 0 Å². The first-order valence-electron chi connectivity index (χ1n) is 13.5. The van der Waals surface area contributed by atoms with Gasteiger partial charge >= 0.3 is 0 Å². The monoisotopic (exact) mass is 639 g/mol. The number of aromatic nitrogens is 2. The predicted octanol–water partition coefficient (Wildman–Crippen LogP) is 6.97. The predicted molar refractivity (Wildman–Crippen MR) is 171 cm³/mol. The number of sulfone groups is 1. The van der Waals surface area contributed by atoms with Crippen LogP contribution in [0.15, 0.2) is 84.0 Å². The maximum atomic E-state index is 15.1. The number of hydrogen-bond acceptors (Lipinski definition) is 8. The molecule has 0 bridgehead atoms. The van der Waals surface area contributed by atoms with Crippen molar-refractivity contribution in [1.82, 2.24) is 15.3 Å². The van der Waals surface area contributed by atoms with Crippen molar-refractivity contribution >= 4 is 49.6 Å². The van der Waals surface area contributed by atoms with Crippen molar-refractivity contribution in [1.29, 1.82) is 0 Å². The molecule has 0 spiro atoms. The highest BCUT2D eigenvalue weighted by molar-refractivity contribution is 7.90. The van der Waals surface area contributed by atoms with E-state index in [2.05, 4.69) is 28.3 Å². The zero-order valence-corrected chi connectivity index (χ0v) is 26.1. The summed E-state index contributed by atoms with van der Waals surface area (Å²) in [6.07, 6.45) is 5.73. The quantitative estimate of drug-likeness (QED) is 0.147. The molecule has 5 aromatic rings. The van der Waals surface area contributed by atoms with Crippen molar-refractivity contribution in [3.8, 4) is 22.1 Å². The first kappa shape index (κ1) is 32.2. The van der Waals surface area contributed by atoms with E-state index < -0.39 is 15.7 Å². The van der Waals surface area contributed by atoms with E-state index in [0.717, 1.165) is 52.1 Å². The highest BCUT2D eigenvalue weighted by atomic mass is 35.5. The minimum Gasteiger partial charge on any atom is -0.453 e. The van der Waals surface area contributed by atoms with E-state index in [1.165, 1.54) is 35.6 Å². The normalized spacial score (nSPS) is 11.3. The number of rotatable bonds is 12. The molecule has 1 N–H and O–H groups in total. The summed E-state index contributed by atoms with van der Waals surface area (Å²) in [5.41, 5.74) is 3.76. The zero-order valence-electron chi connectivity index (χ0n) is 23.7. The van der Waals surface area contributed by atoms with Crippen LogP contribution in [-0.4, -0.2) is 37.0 Å². The minimum atomic E-state index is -3.37. The summed E-state index contributed by atoms with van der Waals surface area (Å²) >= 11 is 1.47. The van der Waals surface area contributed by atoms with Crippen LogP contribution < -0.4 is 10.1 Å². The molecule has 0 aliphatic heterocycles. The fourth-order valence-electron chi connectivity index (χ4n) is 4.47. The van der Waals surface area contributed by atoms with Gasteiger partial charge in [-0.15, -0.1) is 23.7 Å². The van der Waals surface area contributed by atoms with E-state index in [1.807, 2.05) is 18.3 Å². The molecule has 0 unspecified atom stereocenters. The lowest BCUT2D eigenvalue weighted by atomic mass is 10.0. The molecule has 0 radical (unpaired) electrons. The van der Waals surface area contributed by atoms with E-state index in [4.69, 9.17) is 4.74 Å². The van der Waals surface area contributed by atoms with Gasteiger partial charge in [0.2, 0.25) is 0 Å². The lowest BCUT2D eigenvalue weighted by Gasteiger charge is -2.09. The Balaban J connectivity index is 0.00000423. The van der Waals surface area contributed by atoms with E-state index in [9.17, 15) is 13.2 Å². The number of nitrogens with one attached hydrogen (secondary N) is 1. The van der Waals surface area contributed by atoms with Crippen LogP contribution in [0.5, 0.6) is 11.5 Å². The van der Waals surface area contributed by atoms with Crippen molar-refractivity contribution in [3.63, 3.8) is 0 Å². The summed E-state index contributed by atoms with van der Waals surface area (Å²) in [5.74, 6) is -0.230. The molecule has 0 aliphatic rings. The number of fused-ring (bicyclic) bond motifs is 1. The van der Waals surface area contributed by atoms with E-state index in [-0.39, 0.29) is 41.7 Å². The van der Waals surface area contributed by atoms with E-state index in [1.54, 1.807) is 30.5 Å². The molecule has 0 saturated heterocycles. The summed E-state index contributed by atoms with van der Waals surface area (Å²) in [6.45, 7) is 3.85. The maximum absolute atomic E-state index is 15.1. The number of ether oxygens (including phenoxy) is 1. The molecule has 2 aromatic carbocycles. The average Bonchev–Trinajstić information content (AvgIpc) is 3.40. The fourth-order valence-corrected chi connectivity index (χ4v) is 6.20. The van der Waals surface area contributed by atoms with Gasteiger partial charge in [-0.2, -0.15) is 0 Å². The van der Waals surface area contributed by atoms with Crippen molar-refractivity contribution in [2.75, 3.05) is 12.8 Å². The number of ketones is 1. The second-order valence-electron chi connectivity index (χ2n) is 10.0. The number of carbonyl (C=O) groups is 1. The molecule has 224 valence electrons. The molecule has 3 aromatic heterocycles. The van der Waals surface area contributed by atoms with Gasteiger partial charge in [0.1, 0.15) is 11.5 Å². The van der Waals surface area contributed by atoms with Crippen molar-refractivity contribution in [2.24, 2.45) is 0 Å². The smallest absolute Gasteiger partial charge is 0.175 e. The third-order valence-corrected chi connectivity index (χ3v) is 8.83. The van der Waals surface area contributed by atoms with Gasteiger partial charge in [0.25, 0.3) is 0 Å². The van der Waals surface area contributed by atoms with Crippen LogP contribution in [0, 0.1) is 5.82 Å². The topological polar surface area (TPSA) is 98.3 Å². The molecule has 3 heterocycles. The molecule has 0 fully saturated rings. The number of hydrogen-bond donors (Lipinski definition) is 1. The Labute approximate surface area is 260 Å². The van der Waals surface area contributed by atoms with Gasteiger partial charge in [-0.25, -0.2) is 12.8 Å². The van der Waals surface area contributed by atoms with Crippen molar-refractivity contribution in [3.05, 3.63) is 102 Å². The highest BCUT2D eigenvalue weighted by Crippen LogP contribution is 2.39. The summed E-state index contributed by atoms with van der Waals surface area (Å²) in [4.78, 5) is 22.8. The number of Topliss-reactive ketones (excluding diaryl/α,β-unsaturated/α-hetero) is 1. The molecule has 0 aliphatic carbocycles. The average molecular weight is 640 g/mol. The van der Waals surface area contributed by atoms with Crippen LogP contribution in [-0.2, 0) is 34.0 Å². The van der Waals surface area contributed by atoms with Gasteiger partial charge in [0.15, 0.2) is 21.4 Å². The molecule has 43 heavy (non-hydrogen) atoms. The van der Waals surface area contributed by atoms with Crippen LogP contribution in [0.25, 0.3) is 20.8 Å². The van der Waals surface area contributed by atoms with Crippen LogP contribution in [0.1, 0.15) is 30.0 Å². The van der Waals surface area contributed by atoms with E-state index in [0.29, 0.717) is 16.9 Å². The van der Waals surface area contributed by atoms with Crippen LogP contribution >= 0.6 is 23.7 Å². The third kappa shape index (κ3) is 8.23. The number of thiophene rings is 1. The Kier molecular flexibility index (Phi) is 10.6. The number of benzene rings is 2. The first-order valence-corrected chi connectivity index (χ1v) is 16.2. The maximum Gasteiger partial charge on any atom is 0.175 e. The summed E-state index contributed by atoms with van der Waals surface area (Å²) < 4.78 is 45.4. The number of carbonyl (C=O) groups excluding carboxylic acids is 1. The van der Waals surface area contributed by atoms with Gasteiger partial charge < -0.3 is 10.1 Å². The number of pyridine rings is 2. The third-order valence-electron chi connectivity index (χ3n) is 6.55. The van der Waals surface area contributed by atoms with Gasteiger partial charge in [-0.05, 0) is 66.1 Å². The molecule has 0 saturated carbocycles. The van der Waals surface area contributed by atoms with Crippen molar-refractivity contribution < 1.29 is 22.3 Å². The molecular weight excluding hydrogens is 609 g/mol. The molecule has 0 atom stereocenters. The Morgan fingerprint density at radius 1 is 0.953 bits per heavy atom. The highest BCUT2D eigenvalue weighted by Gasteiger charge is 2.15. The largest absolute Gasteiger partial charge is 0.453 e. The first-order chi connectivity index (χ1) is 20.2. The zero-order chi connectivity index (χ0) is 29.7. The Morgan fingerprint density at radius 2 is 1.72 bits per heavy atom. The van der Waals surface area contributed by atoms with Gasteiger partial charge in [-0.3, -0.25) is 14.8 Å². The van der Waals surface area contributed by atoms with E-state index >= 15 is 4.39 Å². The van der Waals surface area contributed by atoms with Crippen LogP contribution in [0.4, 0.5) is 4.39 Å². The summed E-state index contributed by atoms with van der Waals surface area (Å²) in [7, 11) is -3.37. The molecule has 0 amide bonds. The number of nitrogens with zero attached hydrogens (tertiary/aromatic N) is 2. The Morgan fingerprint density at radius 3 is 2.42 bits per heavy atom. The van der Waals surface area contributed by atoms with Gasteiger partial charge in [0.05, 0.1) is 25.7 Å². The SMILES string of the molecule is CCCNCc1ccc(-c2cc3nccc(Oc4ccc(CC(=O)Cc5cccc(S(C)(=O)=O)c5)cc4F)c3s2)nc1.Cl. The Bertz CT molecular complexity index is 1840. The standard InChI is InChI=1S/C32H30FN3O4S2.ClH/c1-3-12-34-19-23-7-9-27(36-20-23)31-18-28-32(41-31)30(11-13-35-28)40-29-10-8-22(17-26(29)33)15-24(37)14-21-5-4-6-25(16-21)42(2,38)39;/h4-11,13,16-18,20,34H,3,12,14-15,19H2,1-2H3;1H. The molecule has 7 nitrogen and oxygen atoms in total. The number of halogens is 2. The lowest BCUT2D eigenvalue weighted by molar-refractivity contribution is -0.117. The van der Waals surface area contributed by atoms with Gasteiger partial charge in [-0.1, -0.05) is 31.2 Å². The second-order valence-corrected chi connectivity index (χ2v) is 13.1. The van der Waals surface area contributed by atoms with Crippen molar-refractivity contribution in [2.45, 2.75) is 37.6 Å². The fraction of sp³-hybridized carbons (Fsp3) is 0.219. The summed E-state index contributed by atoms with van der Waals surface area (Å²) in [5, 5.41) is 3.37. The molecule has 5 rings (SSSR count). The summed E-state index contributed by atoms with van der Waals surface area (Å²) in [6, 6.07) is 18.4.